The molecule has 0 amide bonds. The second-order valence-electron chi connectivity index (χ2n) is 4.85. The van der Waals surface area contributed by atoms with Gasteiger partial charge in [-0.15, -0.1) is 0 Å². The molecule has 2 atom stereocenters. The number of likely N-dealkylation sites (N-methyl/N-ethyl adjacent to an activating group) is 1. The molecule has 17 heavy (non-hydrogen) atoms. The van der Waals surface area contributed by atoms with Gasteiger partial charge in [0.25, 0.3) is 0 Å². The maximum atomic E-state index is 4.45. The summed E-state index contributed by atoms with van der Waals surface area (Å²) in [6.45, 7) is 3.40. The van der Waals surface area contributed by atoms with Crippen molar-refractivity contribution in [2.75, 3.05) is 25.9 Å². The molecule has 0 aromatic heterocycles. The molecule has 2 rings (SSSR count). The number of benzene rings is 1. The Balaban J connectivity index is 1.91. The first-order chi connectivity index (χ1) is 8.33. The lowest BCUT2D eigenvalue weighted by molar-refractivity contribution is 0.149. The van der Waals surface area contributed by atoms with Gasteiger partial charge in [0.05, 0.1) is 0 Å². The lowest BCUT2D eigenvalue weighted by atomic mass is 9.93. The summed E-state index contributed by atoms with van der Waals surface area (Å²) in [4.78, 5) is 2.54. The number of rotatable bonds is 4. The zero-order valence-corrected chi connectivity index (χ0v) is 11.4. The number of hydrogen-bond donors (Lipinski definition) is 2. The first kappa shape index (κ1) is 12.9. The molecule has 2 unspecified atom stereocenters. The third-order valence-corrected chi connectivity index (χ3v) is 4.16. The smallest absolute Gasteiger partial charge is 0.0234 e. The van der Waals surface area contributed by atoms with Crippen LogP contribution < -0.4 is 5.32 Å². The van der Waals surface area contributed by atoms with E-state index in [1.54, 1.807) is 0 Å². The van der Waals surface area contributed by atoms with Gasteiger partial charge in [0.1, 0.15) is 0 Å². The topological polar surface area (TPSA) is 15.3 Å². The van der Waals surface area contributed by atoms with Gasteiger partial charge < -0.3 is 5.32 Å². The van der Waals surface area contributed by atoms with Gasteiger partial charge >= 0.3 is 0 Å². The van der Waals surface area contributed by atoms with Crippen molar-refractivity contribution in [3.8, 4) is 0 Å². The van der Waals surface area contributed by atoms with E-state index in [9.17, 15) is 0 Å². The molecule has 1 aliphatic rings. The van der Waals surface area contributed by atoms with Gasteiger partial charge in [0, 0.05) is 19.1 Å². The number of likely N-dealkylation sites (tertiary alicyclic amines) is 1. The van der Waals surface area contributed by atoms with Gasteiger partial charge in [-0.3, -0.25) is 4.90 Å². The summed E-state index contributed by atoms with van der Waals surface area (Å²) in [5.41, 5.74) is 1.41. The van der Waals surface area contributed by atoms with Gasteiger partial charge in [0.2, 0.25) is 0 Å². The molecule has 1 aliphatic heterocycles. The fourth-order valence-corrected chi connectivity index (χ4v) is 3.04. The van der Waals surface area contributed by atoms with Crippen LogP contribution in [0.25, 0.3) is 0 Å². The van der Waals surface area contributed by atoms with E-state index in [1.807, 2.05) is 0 Å². The predicted octanol–water partition coefficient (Wildman–Crippen LogP) is 2.03. The molecule has 1 aromatic carbocycles. The first-order valence-corrected chi connectivity index (χ1v) is 7.01. The molecule has 1 N–H and O–H groups in total. The van der Waals surface area contributed by atoms with E-state index in [-0.39, 0.29) is 0 Å². The minimum Gasteiger partial charge on any atom is -0.315 e. The van der Waals surface area contributed by atoms with Crippen molar-refractivity contribution >= 4 is 12.6 Å². The molecule has 0 spiro atoms. The van der Waals surface area contributed by atoms with Crippen molar-refractivity contribution in [1.29, 1.82) is 0 Å². The molecular weight excluding hydrogens is 228 g/mol. The summed E-state index contributed by atoms with van der Waals surface area (Å²) in [7, 11) is 2.06. The molecule has 3 heteroatoms. The quantitative estimate of drug-likeness (QED) is 0.795. The van der Waals surface area contributed by atoms with Crippen LogP contribution in [0.1, 0.15) is 12.0 Å². The zero-order valence-electron chi connectivity index (χ0n) is 10.5. The van der Waals surface area contributed by atoms with E-state index < -0.39 is 0 Å². The SMILES string of the molecule is CNC1CN(Cc2ccccc2)CCC1CS. The highest BCUT2D eigenvalue weighted by molar-refractivity contribution is 7.80. The molecule has 94 valence electrons. The van der Waals surface area contributed by atoms with Crippen LogP contribution in [-0.4, -0.2) is 36.8 Å². The van der Waals surface area contributed by atoms with Crippen LogP contribution in [0.5, 0.6) is 0 Å². The van der Waals surface area contributed by atoms with E-state index in [2.05, 4.69) is 60.2 Å². The molecule has 0 bridgehead atoms. The maximum absolute atomic E-state index is 4.45. The van der Waals surface area contributed by atoms with Gasteiger partial charge in [-0.2, -0.15) is 12.6 Å². The second kappa shape index (κ2) is 6.43. The van der Waals surface area contributed by atoms with Gasteiger partial charge in [0.15, 0.2) is 0 Å². The Morgan fingerprint density at radius 3 is 2.76 bits per heavy atom. The lowest BCUT2D eigenvalue weighted by Gasteiger charge is -2.38. The molecule has 0 saturated carbocycles. The minimum atomic E-state index is 0.588. The molecule has 0 aliphatic carbocycles. The largest absolute Gasteiger partial charge is 0.315 e. The number of piperidine rings is 1. The third-order valence-electron chi connectivity index (χ3n) is 3.69. The maximum Gasteiger partial charge on any atom is 0.0234 e. The van der Waals surface area contributed by atoms with Crippen molar-refractivity contribution in [2.45, 2.75) is 19.0 Å². The van der Waals surface area contributed by atoms with Crippen molar-refractivity contribution in [2.24, 2.45) is 5.92 Å². The summed E-state index contributed by atoms with van der Waals surface area (Å²) < 4.78 is 0. The van der Waals surface area contributed by atoms with Gasteiger partial charge in [-0.1, -0.05) is 30.3 Å². The molecule has 1 fully saturated rings. The monoisotopic (exact) mass is 250 g/mol. The van der Waals surface area contributed by atoms with Crippen LogP contribution in [-0.2, 0) is 6.54 Å². The van der Waals surface area contributed by atoms with Gasteiger partial charge in [-0.25, -0.2) is 0 Å². The van der Waals surface area contributed by atoms with Crippen molar-refractivity contribution in [3.05, 3.63) is 35.9 Å². The number of thiol groups is 1. The standard InChI is InChI=1S/C14H22N2S/c1-15-14-10-16(8-7-13(14)11-17)9-12-5-3-2-4-6-12/h2-6,13-15,17H,7-11H2,1H3. The Hall–Kier alpha value is -0.510. The normalized spacial score (nSPS) is 26.0. The Kier molecular flexibility index (Phi) is 4.89. The molecule has 1 heterocycles. The van der Waals surface area contributed by atoms with E-state index in [1.165, 1.54) is 18.5 Å². The molecule has 2 nitrogen and oxygen atoms in total. The predicted molar refractivity (Wildman–Crippen MR) is 76.5 cm³/mol. The second-order valence-corrected chi connectivity index (χ2v) is 5.21. The molecule has 1 saturated heterocycles. The van der Waals surface area contributed by atoms with Crippen molar-refractivity contribution in [1.82, 2.24) is 10.2 Å². The average Bonchev–Trinajstić information content (AvgIpc) is 2.40. The third kappa shape index (κ3) is 3.47. The number of nitrogens with zero attached hydrogens (tertiary/aromatic N) is 1. The van der Waals surface area contributed by atoms with E-state index in [4.69, 9.17) is 0 Å². The fourth-order valence-electron chi connectivity index (χ4n) is 2.60. The van der Waals surface area contributed by atoms with Crippen molar-refractivity contribution in [3.63, 3.8) is 0 Å². The Bertz CT molecular complexity index is 328. The lowest BCUT2D eigenvalue weighted by Crippen LogP contribution is -2.50. The van der Waals surface area contributed by atoms with Crippen LogP contribution in [0.2, 0.25) is 0 Å². The van der Waals surface area contributed by atoms with Crippen LogP contribution in [0.4, 0.5) is 0 Å². The van der Waals surface area contributed by atoms with Crippen LogP contribution in [0.3, 0.4) is 0 Å². The van der Waals surface area contributed by atoms with Gasteiger partial charge in [-0.05, 0) is 37.2 Å². The van der Waals surface area contributed by atoms with E-state index >= 15 is 0 Å². The summed E-state index contributed by atoms with van der Waals surface area (Å²) in [6, 6.07) is 11.3. The van der Waals surface area contributed by atoms with Crippen molar-refractivity contribution < 1.29 is 0 Å². The first-order valence-electron chi connectivity index (χ1n) is 6.38. The van der Waals surface area contributed by atoms with E-state index in [0.29, 0.717) is 6.04 Å². The average molecular weight is 250 g/mol. The summed E-state index contributed by atoms with van der Waals surface area (Å²) in [6.07, 6.45) is 1.25. The number of nitrogens with one attached hydrogen (secondary N) is 1. The summed E-state index contributed by atoms with van der Waals surface area (Å²) in [5.74, 6) is 1.71. The summed E-state index contributed by atoms with van der Waals surface area (Å²) in [5, 5.41) is 3.43. The molecule has 1 aromatic rings. The van der Waals surface area contributed by atoms with Crippen LogP contribution in [0.15, 0.2) is 30.3 Å². The highest BCUT2D eigenvalue weighted by atomic mass is 32.1. The number of hydrogen-bond acceptors (Lipinski definition) is 3. The van der Waals surface area contributed by atoms with E-state index in [0.717, 1.165) is 24.8 Å². The highest BCUT2D eigenvalue weighted by Crippen LogP contribution is 2.20. The highest BCUT2D eigenvalue weighted by Gasteiger charge is 2.26. The Morgan fingerprint density at radius 1 is 1.35 bits per heavy atom. The minimum absolute atomic E-state index is 0.588. The Morgan fingerprint density at radius 2 is 2.12 bits per heavy atom. The molecular formula is C14H22N2S. The zero-order chi connectivity index (χ0) is 12.1. The summed E-state index contributed by atoms with van der Waals surface area (Å²) >= 11 is 4.45. The van der Waals surface area contributed by atoms with Crippen LogP contribution in [0, 0.1) is 5.92 Å². The Labute approximate surface area is 110 Å². The fraction of sp³-hybridized carbons (Fsp3) is 0.571. The van der Waals surface area contributed by atoms with Crippen LogP contribution >= 0.6 is 12.6 Å². The molecule has 0 radical (unpaired) electrons.